The van der Waals surface area contributed by atoms with Gasteiger partial charge in [-0.3, -0.25) is 4.98 Å². The third kappa shape index (κ3) is 3.49. The Kier molecular flexibility index (Phi) is 5.24. The Hall–Kier alpha value is -1.04. The molecule has 2 aromatic rings. The Balaban J connectivity index is 2.24. The van der Waals surface area contributed by atoms with Crippen LogP contribution in [0.2, 0.25) is 5.02 Å². The topological polar surface area (TPSA) is 50.7 Å². The SMILES string of the molecule is CCNC(Cc1ccncc1Cl)c1snnc1CC. The summed E-state index contributed by atoms with van der Waals surface area (Å²) in [7, 11) is 0. The van der Waals surface area contributed by atoms with E-state index < -0.39 is 0 Å². The van der Waals surface area contributed by atoms with Gasteiger partial charge in [-0.25, -0.2) is 0 Å². The Morgan fingerprint density at radius 3 is 2.95 bits per heavy atom. The highest BCUT2D eigenvalue weighted by atomic mass is 35.5. The van der Waals surface area contributed by atoms with Crippen LogP contribution in [0.15, 0.2) is 18.5 Å². The molecule has 0 saturated heterocycles. The number of pyridine rings is 1. The Bertz CT molecular complexity index is 529. The van der Waals surface area contributed by atoms with Gasteiger partial charge < -0.3 is 5.32 Å². The summed E-state index contributed by atoms with van der Waals surface area (Å²) >= 11 is 7.65. The fraction of sp³-hybridized carbons (Fsp3) is 0.462. The molecule has 6 heteroatoms. The van der Waals surface area contributed by atoms with Crippen LogP contribution in [0.3, 0.4) is 0 Å². The number of nitrogens with zero attached hydrogens (tertiary/aromatic N) is 3. The summed E-state index contributed by atoms with van der Waals surface area (Å²) in [6, 6.07) is 2.17. The average Bonchev–Trinajstić information content (AvgIpc) is 2.89. The van der Waals surface area contributed by atoms with Crippen LogP contribution in [0.5, 0.6) is 0 Å². The predicted molar refractivity (Wildman–Crippen MR) is 78.7 cm³/mol. The van der Waals surface area contributed by atoms with Crippen molar-refractivity contribution >= 4 is 23.1 Å². The maximum Gasteiger partial charge on any atom is 0.0801 e. The summed E-state index contributed by atoms with van der Waals surface area (Å²) in [6.07, 6.45) is 5.19. The highest BCUT2D eigenvalue weighted by Gasteiger charge is 2.19. The zero-order valence-corrected chi connectivity index (χ0v) is 12.6. The molecule has 0 spiro atoms. The van der Waals surface area contributed by atoms with Crippen LogP contribution in [0.25, 0.3) is 0 Å². The molecular formula is C13H17ClN4S. The second kappa shape index (κ2) is 6.93. The lowest BCUT2D eigenvalue weighted by molar-refractivity contribution is 0.553. The van der Waals surface area contributed by atoms with Crippen LogP contribution >= 0.6 is 23.1 Å². The highest BCUT2D eigenvalue weighted by molar-refractivity contribution is 7.05. The summed E-state index contributed by atoms with van der Waals surface area (Å²) in [5.41, 5.74) is 2.17. The number of nitrogens with one attached hydrogen (secondary N) is 1. The molecule has 102 valence electrons. The highest BCUT2D eigenvalue weighted by Crippen LogP contribution is 2.26. The molecule has 19 heavy (non-hydrogen) atoms. The van der Waals surface area contributed by atoms with E-state index in [1.54, 1.807) is 12.4 Å². The van der Waals surface area contributed by atoms with Crippen LogP contribution in [-0.4, -0.2) is 21.1 Å². The molecule has 0 saturated carbocycles. The van der Waals surface area contributed by atoms with E-state index in [4.69, 9.17) is 11.6 Å². The quantitative estimate of drug-likeness (QED) is 0.890. The molecule has 0 radical (unpaired) electrons. The monoisotopic (exact) mass is 296 g/mol. The van der Waals surface area contributed by atoms with E-state index in [1.165, 1.54) is 16.4 Å². The predicted octanol–water partition coefficient (Wildman–Crippen LogP) is 3.04. The molecule has 0 fully saturated rings. The van der Waals surface area contributed by atoms with E-state index in [0.29, 0.717) is 5.02 Å². The molecule has 0 amide bonds. The lowest BCUT2D eigenvalue weighted by Crippen LogP contribution is -2.23. The van der Waals surface area contributed by atoms with Crippen molar-refractivity contribution in [3.8, 4) is 0 Å². The normalized spacial score (nSPS) is 12.6. The van der Waals surface area contributed by atoms with Crippen molar-refractivity contribution in [1.29, 1.82) is 0 Å². The molecule has 0 aliphatic carbocycles. The van der Waals surface area contributed by atoms with Crippen LogP contribution < -0.4 is 5.32 Å². The summed E-state index contributed by atoms with van der Waals surface area (Å²) in [5.74, 6) is 0. The average molecular weight is 297 g/mol. The van der Waals surface area contributed by atoms with Crippen molar-refractivity contribution < 1.29 is 0 Å². The summed E-state index contributed by atoms with van der Waals surface area (Å²) in [6.45, 7) is 5.10. The van der Waals surface area contributed by atoms with Crippen molar-refractivity contribution in [3.63, 3.8) is 0 Å². The summed E-state index contributed by atoms with van der Waals surface area (Å²) < 4.78 is 4.07. The van der Waals surface area contributed by atoms with Gasteiger partial charge >= 0.3 is 0 Å². The van der Waals surface area contributed by atoms with Gasteiger partial charge in [0, 0.05) is 18.4 Å². The van der Waals surface area contributed by atoms with E-state index in [0.717, 1.165) is 30.6 Å². The smallest absolute Gasteiger partial charge is 0.0801 e. The van der Waals surface area contributed by atoms with E-state index >= 15 is 0 Å². The standard InChI is InChI=1S/C13H17ClN4S/c1-3-11-13(19-18-17-11)12(16-4-2)7-9-5-6-15-8-10(9)14/h5-6,8,12,16H,3-4,7H2,1-2H3. The molecule has 2 aromatic heterocycles. The minimum Gasteiger partial charge on any atom is -0.309 e. The number of rotatable bonds is 6. The molecule has 2 rings (SSSR count). The van der Waals surface area contributed by atoms with Gasteiger partial charge in [-0.15, -0.1) is 5.10 Å². The Morgan fingerprint density at radius 1 is 1.42 bits per heavy atom. The molecular weight excluding hydrogens is 280 g/mol. The first-order valence-electron chi connectivity index (χ1n) is 6.39. The fourth-order valence-corrected chi connectivity index (χ4v) is 3.03. The number of hydrogen-bond acceptors (Lipinski definition) is 5. The van der Waals surface area contributed by atoms with Crippen molar-refractivity contribution in [2.24, 2.45) is 0 Å². The molecule has 2 heterocycles. The number of halogens is 1. The number of hydrogen-bond donors (Lipinski definition) is 1. The van der Waals surface area contributed by atoms with Crippen molar-refractivity contribution in [2.75, 3.05) is 6.54 Å². The third-order valence-electron chi connectivity index (χ3n) is 2.97. The molecule has 0 aromatic carbocycles. The van der Waals surface area contributed by atoms with Crippen LogP contribution in [0.4, 0.5) is 0 Å². The summed E-state index contributed by atoms with van der Waals surface area (Å²) in [5, 5.41) is 8.38. The van der Waals surface area contributed by atoms with Crippen LogP contribution in [0.1, 0.15) is 36.0 Å². The van der Waals surface area contributed by atoms with Gasteiger partial charge in [0.25, 0.3) is 0 Å². The van der Waals surface area contributed by atoms with Gasteiger partial charge in [0.15, 0.2) is 0 Å². The largest absolute Gasteiger partial charge is 0.309 e. The first kappa shape index (κ1) is 14.4. The Morgan fingerprint density at radius 2 is 2.26 bits per heavy atom. The molecule has 1 atom stereocenters. The maximum atomic E-state index is 6.19. The van der Waals surface area contributed by atoms with Gasteiger partial charge in [0.2, 0.25) is 0 Å². The van der Waals surface area contributed by atoms with Crippen molar-refractivity contribution in [2.45, 2.75) is 32.7 Å². The number of aryl methyl sites for hydroxylation is 1. The van der Waals surface area contributed by atoms with Gasteiger partial charge in [0.05, 0.1) is 15.6 Å². The maximum absolute atomic E-state index is 6.19. The van der Waals surface area contributed by atoms with Gasteiger partial charge in [-0.05, 0) is 42.5 Å². The minimum absolute atomic E-state index is 0.208. The molecule has 0 bridgehead atoms. The second-order valence-electron chi connectivity index (χ2n) is 4.22. The van der Waals surface area contributed by atoms with Crippen molar-refractivity contribution in [1.82, 2.24) is 19.9 Å². The first-order valence-corrected chi connectivity index (χ1v) is 7.54. The lowest BCUT2D eigenvalue weighted by Gasteiger charge is -2.17. The lowest BCUT2D eigenvalue weighted by atomic mass is 10.0. The second-order valence-corrected chi connectivity index (χ2v) is 5.41. The van der Waals surface area contributed by atoms with Crippen LogP contribution in [0, 0.1) is 0 Å². The molecule has 0 aliphatic rings. The zero-order chi connectivity index (χ0) is 13.7. The number of likely N-dealkylation sites (N-methyl/N-ethyl adjacent to an activating group) is 1. The van der Waals surface area contributed by atoms with Gasteiger partial charge in [-0.2, -0.15) is 0 Å². The van der Waals surface area contributed by atoms with Crippen LogP contribution in [-0.2, 0) is 12.8 Å². The van der Waals surface area contributed by atoms with E-state index in [9.17, 15) is 0 Å². The van der Waals surface area contributed by atoms with Gasteiger partial charge in [-0.1, -0.05) is 29.9 Å². The molecule has 1 unspecified atom stereocenters. The Labute approximate surface area is 122 Å². The van der Waals surface area contributed by atoms with Gasteiger partial charge in [0.1, 0.15) is 0 Å². The third-order valence-corrected chi connectivity index (χ3v) is 4.19. The zero-order valence-electron chi connectivity index (χ0n) is 11.1. The van der Waals surface area contributed by atoms with E-state index in [1.807, 2.05) is 6.07 Å². The minimum atomic E-state index is 0.208. The van der Waals surface area contributed by atoms with Crippen molar-refractivity contribution in [3.05, 3.63) is 39.6 Å². The number of aromatic nitrogens is 3. The van der Waals surface area contributed by atoms with E-state index in [2.05, 4.69) is 33.7 Å². The fourth-order valence-electron chi connectivity index (χ4n) is 2.02. The molecule has 0 aliphatic heterocycles. The molecule has 1 N–H and O–H groups in total. The first-order chi connectivity index (χ1) is 9.26. The molecule has 4 nitrogen and oxygen atoms in total. The summed E-state index contributed by atoms with van der Waals surface area (Å²) in [4.78, 5) is 5.23. The van der Waals surface area contributed by atoms with E-state index in [-0.39, 0.29) is 6.04 Å².